The Morgan fingerprint density at radius 1 is 1.36 bits per heavy atom. The minimum atomic E-state index is -0.340. The van der Waals surface area contributed by atoms with Crippen LogP contribution in [0.15, 0.2) is 23.0 Å². The Bertz CT molecular complexity index is 564. The molecule has 0 radical (unpaired) electrons. The largest absolute Gasteiger partial charge is 0.507 e. The zero-order valence-electron chi connectivity index (χ0n) is 6.84. The van der Waals surface area contributed by atoms with Crippen LogP contribution in [0.3, 0.4) is 0 Å². The molecule has 0 saturated heterocycles. The Labute approximate surface area is 97.9 Å². The van der Waals surface area contributed by atoms with Gasteiger partial charge in [-0.25, -0.2) is 0 Å². The molecule has 2 aromatic rings. The highest BCUT2D eigenvalue weighted by Gasteiger charge is 2.05. The van der Waals surface area contributed by atoms with Crippen LogP contribution in [-0.2, 0) is 0 Å². The lowest BCUT2D eigenvalue weighted by atomic mass is 10.2. The number of hydrogen-bond acceptors (Lipinski definition) is 2. The third kappa shape index (κ3) is 1.59. The second-order valence-electron chi connectivity index (χ2n) is 2.83. The van der Waals surface area contributed by atoms with Crippen molar-refractivity contribution in [1.82, 2.24) is 4.98 Å². The summed E-state index contributed by atoms with van der Waals surface area (Å²) in [6.07, 6.45) is 0. The van der Waals surface area contributed by atoms with Crippen molar-refractivity contribution >= 4 is 45.1 Å². The third-order valence-electron chi connectivity index (χ3n) is 1.86. The number of aromatic amines is 1. The van der Waals surface area contributed by atoms with Crippen LogP contribution in [0.25, 0.3) is 10.9 Å². The Morgan fingerprint density at radius 3 is 2.79 bits per heavy atom. The Balaban J connectivity index is 2.96. The molecular formula is C9H5ClINO2. The molecule has 0 bridgehead atoms. The van der Waals surface area contributed by atoms with Gasteiger partial charge in [-0.05, 0) is 34.7 Å². The SMILES string of the molecule is O=c1cc(O)c2cc(I)c(Cl)cc2[nH]1. The van der Waals surface area contributed by atoms with E-state index in [1.807, 2.05) is 0 Å². The fourth-order valence-corrected chi connectivity index (χ4v) is 1.86. The van der Waals surface area contributed by atoms with Crippen LogP contribution in [0.1, 0.15) is 0 Å². The van der Waals surface area contributed by atoms with Crippen molar-refractivity contribution in [3.63, 3.8) is 0 Å². The maximum Gasteiger partial charge on any atom is 0.252 e. The summed E-state index contributed by atoms with van der Waals surface area (Å²) in [6.45, 7) is 0. The number of aromatic hydroxyl groups is 1. The number of pyridine rings is 1. The summed E-state index contributed by atoms with van der Waals surface area (Å²) in [4.78, 5) is 13.6. The van der Waals surface area contributed by atoms with Gasteiger partial charge in [0, 0.05) is 15.0 Å². The molecule has 0 fully saturated rings. The zero-order chi connectivity index (χ0) is 10.3. The lowest BCUT2D eigenvalue weighted by Gasteiger charge is -2.02. The molecule has 2 N–H and O–H groups in total. The van der Waals surface area contributed by atoms with Crippen molar-refractivity contribution < 1.29 is 5.11 Å². The van der Waals surface area contributed by atoms with Gasteiger partial charge in [-0.15, -0.1) is 0 Å². The minimum Gasteiger partial charge on any atom is -0.507 e. The first kappa shape index (κ1) is 9.79. The Kier molecular flexibility index (Phi) is 2.40. The van der Waals surface area contributed by atoms with Crippen molar-refractivity contribution in [3.8, 4) is 5.75 Å². The van der Waals surface area contributed by atoms with E-state index in [0.29, 0.717) is 15.9 Å². The van der Waals surface area contributed by atoms with Crippen molar-refractivity contribution in [1.29, 1.82) is 0 Å². The van der Waals surface area contributed by atoms with Crippen LogP contribution >= 0.6 is 34.2 Å². The Hall–Kier alpha value is -0.750. The molecule has 3 nitrogen and oxygen atoms in total. The van der Waals surface area contributed by atoms with Gasteiger partial charge in [0.05, 0.1) is 10.5 Å². The van der Waals surface area contributed by atoms with Gasteiger partial charge in [0.15, 0.2) is 0 Å². The van der Waals surface area contributed by atoms with Crippen molar-refractivity contribution in [2.24, 2.45) is 0 Å². The molecule has 0 unspecified atom stereocenters. The highest BCUT2D eigenvalue weighted by molar-refractivity contribution is 14.1. The van der Waals surface area contributed by atoms with E-state index in [1.165, 1.54) is 0 Å². The van der Waals surface area contributed by atoms with Gasteiger partial charge in [-0.1, -0.05) is 11.6 Å². The number of aromatic nitrogens is 1. The lowest BCUT2D eigenvalue weighted by Crippen LogP contribution is -2.03. The van der Waals surface area contributed by atoms with Crippen LogP contribution in [0.4, 0.5) is 0 Å². The van der Waals surface area contributed by atoms with E-state index in [1.54, 1.807) is 12.1 Å². The predicted molar refractivity (Wildman–Crippen MR) is 64.0 cm³/mol. The van der Waals surface area contributed by atoms with Gasteiger partial charge in [0.1, 0.15) is 5.75 Å². The number of nitrogens with one attached hydrogen (secondary N) is 1. The number of hydrogen-bond donors (Lipinski definition) is 2. The van der Waals surface area contributed by atoms with E-state index in [0.717, 1.165) is 9.64 Å². The number of benzene rings is 1. The maximum atomic E-state index is 11.0. The summed E-state index contributed by atoms with van der Waals surface area (Å²) in [6, 6.07) is 4.50. The lowest BCUT2D eigenvalue weighted by molar-refractivity contribution is 0.480. The summed E-state index contributed by atoms with van der Waals surface area (Å²) in [7, 11) is 0. The van der Waals surface area contributed by atoms with Crippen molar-refractivity contribution in [2.45, 2.75) is 0 Å². The summed E-state index contributed by atoms with van der Waals surface area (Å²) in [5.74, 6) is -0.0293. The second kappa shape index (κ2) is 3.43. The van der Waals surface area contributed by atoms with Gasteiger partial charge in [-0.3, -0.25) is 4.79 Å². The average Bonchev–Trinajstić information content (AvgIpc) is 2.08. The molecule has 1 heterocycles. The smallest absolute Gasteiger partial charge is 0.252 e. The monoisotopic (exact) mass is 321 g/mol. The molecule has 2 rings (SSSR count). The van der Waals surface area contributed by atoms with Gasteiger partial charge in [0.2, 0.25) is 0 Å². The fourth-order valence-electron chi connectivity index (χ4n) is 1.23. The molecule has 0 atom stereocenters. The summed E-state index contributed by atoms with van der Waals surface area (Å²) < 4.78 is 0.833. The first-order valence-corrected chi connectivity index (χ1v) is 5.24. The highest BCUT2D eigenvalue weighted by atomic mass is 127. The van der Waals surface area contributed by atoms with Crippen molar-refractivity contribution in [3.05, 3.63) is 37.1 Å². The van der Waals surface area contributed by atoms with E-state index < -0.39 is 0 Å². The van der Waals surface area contributed by atoms with Gasteiger partial charge in [0.25, 0.3) is 5.56 Å². The Morgan fingerprint density at radius 2 is 2.07 bits per heavy atom. The molecule has 5 heteroatoms. The van der Waals surface area contributed by atoms with E-state index in [2.05, 4.69) is 27.6 Å². The van der Waals surface area contributed by atoms with E-state index in [9.17, 15) is 9.90 Å². The quantitative estimate of drug-likeness (QED) is 0.733. The van der Waals surface area contributed by atoms with Crippen LogP contribution in [0.2, 0.25) is 5.02 Å². The molecule has 0 amide bonds. The van der Waals surface area contributed by atoms with Crippen molar-refractivity contribution in [2.75, 3.05) is 0 Å². The number of rotatable bonds is 0. The molecule has 1 aromatic heterocycles. The minimum absolute atomic E-state index is 0.0293. The molecule has 0 aliphatic rings. The zero-order valence-corrected chi connectivity index (χ0v) is 9.76. The maximum absolute atomic E-state index is 11.0. The van der Waals surface area contributed by atoms with Crippen LogP contribution in [0, 0.1) is 3.57 Å². The molecule has 1 aromatic carbocycles. The predicted octanol–water partition coefficient (Wildman–Crippen LogP) is 2.49. The second-order valence-corrected chi connectivity index (χ2v) is 4.40. The molecule has 0 aliphatic heterocycles. The first-order valence-electron chi connectivity index (χ1n) is 3.79. The molecule has 0 aliphatic carbocycles. The summed E-state index contributed by atoms with van der Waals surface area (Å²) in [5, 5.41) is 10.7. The summed E-state index contributed by atoms with van der Waals surface area (Å²) >= 11 is 7.94. The standard InChI is InChI=1S/C9H5ClINO2/c10-5-2-7-4(1-6(5)11)8(13)3-9(14)12-7/h1-3H,(H2,12,13,14). The van der Waals surface area contributed by atoms with E-state index >= 15 is 0 Å². The first-order chi connectivity index (χ1) is 6.58. The molecule has 0 spiro atoms. The number of fused-ring (bicyclic) bond motifs is 1. The number of H-pyrrole nitrogens is 1. The fraction of sp³-hybridized carbons (Fsp3) is 0. The molecular weight excluding hydrogens is 316 g/mol. The van der Waals surface area contributed by atoms with Gasteiger partial charge >= 0.3 is 0 Å². The molecule has 0 saturated carbocycles. The average molecular weight is 322 g/mol. The molecule has 72 valence electrons. The highest BCUT2D eigenvalue weighted by Crippen LogP contribution is 2.27. The van der Waals surface area contributed by atoms with Crippen LogP contribution < -0.4 is 5.56 Å². The summed E-state index contributed by atoms with van der Waals surface area (Å²) in [5.41, 5.74) is 0.202. The van der Waals surface area contributed by atoms with Gasteiger partial charge in [-0.2, -0.15) is 0 Å². The number of halogens is 2. The van der Waals surface area contributed by atoms with Gasteiger partial charge < -0.3 is 10.1 Å². The van der Waals surface area contributed by atoms with Crippen LogP contribution in [0.5, 0.6) is 5.75 Å². The van der Waals surface area contributed by atoms with E-state index in [-0.39, 0.29) is 11.3 Å². The topological polar surface area (TPSA) is 53.1 Å². The van der Waals surface area contributed by atoms with E-state index in [4.69, 9.17) is 11.6 Å². The third-order valence-corrected chi connectivity index (χ3v) is 3.39. The normalized spacial score (nSPS) is 10.7. The van der Waals surface area contributed by atoms with Crippen LogP contribution in [-0.4, -0.2) is 10.1 Å². The molecule has 14 heavy (non-hydrogen) atoms.